The van der Waals surface area contributed by atoms with Gasteiger partial charge >= 0.3 is 13.2 Å². The number of benzene rings is 1. The molecule has 0 aromatic heterocycles. The van der Waals surface area contributed by atoms with Gasteiger partial charge in [0.2, 0.25) is 0 Å². The van der Waals surface area contributed by atoms with E-state index >= 15 is 0 Å². The molecule has 7 nitrogen and oxygen atoms in total. The summed E-state index contributed by atoms with van der Waals surface area (Å²) in [7, 11) is -1.54. The lowest BCUT2D eigenvalue weighted by molar-refractivity contribution is 0.0139. The number of carbonyl (C=O) groups excluding carboxylic acids is 1. The number of piperazine rings is 1. The van der Waals surface area contributed by atoms with Crippen molar-refractivity contribution in [2.75, 3.05) is 31.9 Å². The van der Waals surface area contributed by atoms with Crippen LogP contribution in [0.2, 0.25) is 0 Å². The van der Waals surface area contributed by atoms with Gasteiger partial charge in [0.15, 0.2) is 0 Å². The fraction of sp³-hybridized carbons (Fsp3) is 0.588. The Kier molecular flexibility index (Phi) is 5.97. The fourth-order valence-electron chi connectivity index (χ4n) is 2.86. The minimum absolute atomic E-state index is 0.280. The summed E-state index contributed by atoms with van der Waals surface area (Å²) in [6.45, 7) is 10.6. The molecule has 0 radical (unpaired) electrons. The van der Waals surface area contributed by atoms with E-state index in [4.69, 9.17) is 10.5 Å². The zero-order valence-electron chi connectivity index (χ0n) is 15.5. The largest absolute Gasteiger partial charge is 0.488 e. The summed E-state index contributed by atoms with van der Waals surface area (Å²) in [6.07, 6.45) is -0.280. The minimum atomic E-state index is -1.54. The Labute approximate surface area is 149 Å². The van der Waals surface area contributed by atoms with Gasteiger partial charge in [-0.2, -0.15) is 0 Å². The zero-order chi connectivity index (χ0) is 18.8. The number of anilines is 1. The van der Waals surface area contributed by atoms with Gasteiger partial charge in [-0.15, -0.1) is 0 Å². The zero-order valence-corrected chi connectivity index (χ0v) is 15.5. The molecule has 0 spiro atoms. The topological polar surface area (TPSA) is 99.3 Å². The van der Waals surface area contributed by atoms with Crippen LogP contribution in [0.15, 0.2) is 12.1 Å². The van der Waals surface area contributed by atoms with Gasteiger partial charge in [-0.3, -0.25) is 4.90 Å². The molecule has 1 aliphatic heterocycles. The molecule has 0 atom stereocenters. The third-order valence-corrected chi connectivity index (χ3v) is 4.26. The molecule has 0 aliphatic carbocycles. The smallest absolute Gasteiger partial charge is 0.444 e. The van der Waals surface area contributed by atoms with E-state index in [9.17, 15) is 14.8 Å². The van der Waals surface area contributed by atoms with E-state index < -0.39 is 12.7 Å². The predicted octanol–water partition coefficient (Wildman–Crippen LogP) is 0.310. The Morgan fingerprint density at radius 1 is 1.24 bits per heavy atom. The van der Waals surface area contributed by atoms with Gasteiger partial charge in [0, 0.05) is 38.4 Å². The number of hydrogen-bond donors (Lipinski definition) is 3. The molecule has 1 fully saturated rings. The maximum absolute atomic E-state index is 12.1. The monoisotopic (exact) mass is 349 g/mol. The van der Waals surface area contributed by atoms with E-state index in [1.165, 1.54) is 0 Å². The summed E-state index contributed by atoms with van der Waals surface area (Å²) >= 11 is 0. The Morgan fingerprint density at radius 3 is 2.36 bits per heavy atom. The van der Waals surface area contributed by atoms with Gasteiger partial charge in [0.1, 0.15) is 5.60 Å². The first-order chi connectivity index (χ1) is 11.6. The normalized spacial score (nSPS) is 16.0. The van der Waals surface area contributed by atoms with Crippen LogP contribution in [-0.4, -0.2) is 64.8 Å². The van der Waals surface area contributed by atoms with Crippen LogP contribution in [0.25, 0.3) is 0 Å². The molecule has 25 heavy (non-hydrogen) atoms. The predicted molar refractivity (Wildman–Crippen MR) is 98.5 cm³/mol. The maximum Gasteiger partial charge on any atom is 0.488 e. The lowest BCUT2D eigenvalue weighted by Gasteiger charge is -2.35. The van der Waals surface area contributed by atoms with Crippen LogP contribution in [0.5, 0.6) is 0 Å². The summed E-state index contributed by atoms with van der Waals surface area (Å²) in [5.41, 5.74) is 8.08. The van der Waals surface area contributed by atoms with Crippen LogP contribution in [0, 0.1) is 6.92 Å². The molecule has 1 heterocycles. The van der Waals surface area contributed by atoms with Crippen molar-refractivity contribution >= 4 is 24.4 Å². The Balaban J connectivity index is 1.95. The van der Waals surface area contributed by atoms with Crippen LogP contribution < -0.4 is 11.2 Å². The molecule has 1 saturated heterocycles. The fourth-order valence-corrected chi connectivity index (χ4v) is 2.86. The minimum Gasteiger partial charge on any atom is -0.444 e. The average Bonchev–Trinajstić information content (AvgIpc) is 2.49. The van der Waals surface area contributed by atoms with Crippen LogP contribution >= 0.6 is 0 Å². The molecule has 1 aromatic rings. The molecule has 0 saturated carbocycles. The van der Waals surface area contributed by atoms with Crippen LogP contribution in [0.4, 0.5) is 10.5 Å². The van der Waals surface area contributed by atoms with Gasteiger partial charge < -0.3 is 25.4 Å². The van der Waals surface area contributed by atoms with E-state index in [-0.39, 0.29) is 6.09 Å². The summed E-state index contributed by atoms with van der Waals surface area (Å²) in [4.78, 5) is 16.0. The highest BCUT2D eigenvalue weighted by Crippen LogP contribution is 2.16. The molecular weight excluding hydrogens is 321 g/mol. The maximum atomic E-state index is 12.1. The lowest BCUT2D eigenvalue weighted by Crippen LogP contribution is -2.49. The second-order valence-electron chi connectivity index (χ2n) is 7.52. The van der Waals surface area contributed by atoms with E-state index in [0.29, 0.717) is 36.3 Å². The number of rotatable bonds is 3. The number of carbonyl (C=O) groups is 1. The molecule has 0 bridgehead atoms. The van der Waals surface area contributed by atoms with Gasteiger partial charge in [-0.1, -0.05) is 6.07 Å². The number of ether oxygens (including phenoxy) is 1. The van der Waals surface area contributed by atoms with Crippen molar-refractivity contribution in [1.82, 2.24) is 9.80 Å². The number of hydrogen-bond acceptors (Lipinski definition) is 6. The molecule has 1 aromatic carbocycles. The Morgan fingerprint density at radius 2 is 1.84 bits per heavy atom. The first-order valence-corrected chi connectivity index (χ1v) is 8.52. The van der Waals surface area contributed by atoms with Gasteiger partial charge in [-0.05, 0) is 50.4 Å². The van der Waals surface area contributed by atoms with Crippen molar-refractivity contribution in [3.05, 3.63) is 23.3 Å². The summed E-state index contributed by atoms with van der Waals surface area (Å²) in [5, 5.41) is 19.0. The molecule has 1 amide bonds. The van der Waals surface area contributed by atoms with Crippen molar-refractivity contribution in [1.29, 1.82) is 0 Å². The van der Waals surface area contributed by atoms with E-state index in [2.05, 4.69) is 4.90 Å². The molecule has 4 N–H and O–H groups in total. The summed E-state index contributed by atoms with van der Waals surface area (Å²) in [6, 6.07) is 3.64. The number of nitrogens with zero attached hydrogens (tertiary/aromatic N) is 2. The van der Waals surface area contributed by atoms with Crippen molar-refractivity contribution < 1.29 is 19.6 Å². The van der Waals surface area contributed by atoms with E-state index in [1.807, 2.05) is 26.8 Å². The average molecular weight is 349 g/mol. The van der Waals surface area contributed by atoms with Gasteiger partial charge in [-0.25, -0.2) is 4.79 Å². The van der Waals surface area contributed by atoms with Crippen LogP contribution in [-0.2, 0) is 11.3 Å². The van der Waals surface area contributed by atoms with Crippen LogP contribution in [0.3, 0.4) is 0 Å². The number of nitrogens with two attached hydrogens (primary N) is 1. The number of amides is 1. The summed E-state index contributed by atoms with van der Waals surface area (Å²) in [5.74, 6) is 0. The highest BCUT2D eigenvalue weighted by atomic mass is 16.6. The molecular formula is C17H28BN3O4. The van der Waals surface area contributed by atoms with E-state index in [1.54, 1.807) is 17.9 Å². The standard InChI is InChI=1S/C17H28BN3O4/c1-12-14(18(23)24)9-13(10-15(12)19)11-20-5-7-21(8-6-20)16(22)25-17(2,3)4/h9-10,23-24H,5-8,11,19H2,1-4H3. The molecule has 1 aliphatic rings. The van der Waals surface area contributed by atoms with Crippen LogP contribution in [0.1, 0.15) is 31.9 Å². The lowest BCUT2D eigenvalue weighted by atomic mass is 9.76. The Bertz CT molecular complexity index is 623. The summed E-state index contributed by atoms with van der Waals surface area (Å²) < 4.78 is 5.40. The molecule has 2 rings (SSSR count). The number of nitrogen functional groups attached to an aromatic ring is 1. The quantitative estimate of drug-likeness (QED) is 0.537. The first kappa shape index (κ1) is 19.6. The highest BCUT2D eigenvalue weighted by molar-refractivity contribution is 6.59. The van der Waals surface area contributed by atoms with Crippen molar-refractivity contribution in [3.8, 4) is 0 Å². The second-order valence-corrected chi connectivity index (χ2v) is 7.52. The van der Waals surface area contributed by atoms with E-state index in [0.717, 1.165) is 18.7 Å². The third kappa shape index (κ3) is 5.35. The van der Waals surface area contributed by atoms with Crippen molar-refractivity contribution in [3.63, 3.8) is 0 Å². The second kappa shape index (κ2) is 7.64. The van der Waals surface area contributed by atoms with Crippen molar-refractivity contribution in [2.45, 2.75) is 39.8 Å². The molecule has 8 heteroatoms. The highest BCUT2D eigenvalue weighted by Gasteiger charge is 2.26. The van der Waals surface area contributed by atoms with Gasteiger partial charge in [0.05, 0.1) is 0 Å². The SMILES string of the molecule is Cc1c(N)cc(CN2CCN(C(=O)OC(C)(C)C)CC2)cc1B(O)O. The van der Waals surface area contributed by atoms with Gasteiger partial charge in [0.25, 0.3) is 0 Å². The van der Waals surface area contributed by atoms with Crippen molar-refractivity contribution in [2.24, 2.45) is 0 Å². The molecule has 138 valence electrons. The molecule has 0 unspecified atom stereocenters. The first-order valence-electron chi connectivity index (χ1n) is 8.52. The Hall–Kier alpha value is -1.77. The third-order valence-electron chi connectivity index (χ3n) is 4.26.